The number of allylic oxidation sites excluding steroid dienone is 2. The Morgan fingerprint density at radius 3 is 2.69 bits per heavy atom. The van der Waals surface area contributed by atoms with Crippen molar-refractivity contribution in [1.82, 2.24) is 15.2 Å². The smallest absolute Gasteiger partial charge is 0.387 e. The average Bonchev–Trinajstić information content (AvgIpc) is 3.69. The fraction of sp³-hybridized carbons (Fsp3) is 0.652. The highest BCUT2D eigenvalue weighted by Crippen LogP contribution is 2.61. The van der Waals surface area contributed by atoms with Gasteiger partial charge in [0.2, 0.25) is 0 Å². The van der Waals surface area contributed by atoms with Crippen molar-refractivity contribution >= 4 is 11.5 Å². The van der Waals surface area contributed by atoms with Crippen LogP contribution in [0.5, 0.6) is 5.75 Å². The number of nitrogens with zero attached hydrogens (tertiary/aromatic N) is 2. The molecule has 1 aliphatic heterocycles. The Morgan fingerprint density at radius 1 is 1.31 bits per heavy atom. The molecule has 0 spiro atoms. The van der Waals surface area contributed by atoms with E-state index >= 15 is 0 Å². The third kappa shape index (κ3) is 4.73. The van der Waals surface area contributed by atoms with E-state index in [0.29, 0.717) is 29.4 Å². The fourth-order valence-electron chi connectivity index (χ4n) is 5.40. The number of fused-ring (bicyclic) bond motifs is 1. The number of nitrogen functional groups attached to an aromatic ring is 1. The molecule has 174 valence electrons. The molecular formula is C23H31F2N5O2. The first-order valence-corrected chi connectivity index (χ1v) is 11.6. The van der Waals surface area contributed by atoms with Gasteiger partial charge in [0.05, 0.1) is 18.9 Å². The summed E-state index contributed by atoms with van der Waals surface area (Å²) in [6.45, 7) is 1.65. The maximum absolute atomic E-state index is 12.6. The molecule has 1 saturated heterocycles. The van der Waals surface area contributed by atoms with Crippen molar-refractivity contribution < 1.29 is 18.3 Å². The Morgan fingerprint density at radius 2 is 2.03 bits per heavy atom. The van der Waals surface area contributed by atoms with Crippen LogP contribution in [-0.4, -0.2) is 61.1 Å². The molecular weight excluding hydrogens is 416 g/mol. The number of morpholine rings is 1. The molecule has 4 atom stereocenters. The fourth-order valence-corrected chi connectivity index (χ4v) is 5.40. The molecule has 4 N–H and O–H groups in total. The summed E-state index contributed by atoms with van der Waals surface area (Å²) in [5.41, 5.74) is 7.39. The summed E-state index contributed by atoms with van der Waals surface area (Å²) in [6, 6.07) is 2.01. The van der Waals surface area contributed by atoms with Gasteiger partial charge in [-0.2, -0.15) is 8.78 Å². The van der Waals surface area contributed by atoms with Gasteiger partial charge < -0.3 is 25.9 Å². The van der Waals surface area contributed by atoms with Crippen LogP contribution in [0.25, 0.3) is 0 Å². The van der Waals surface area contributed by atoms with Gasteiger partial charge in [0.1, 0.15) is 0 Å². The van der Waals surface area contributed by atoms with E-state index in [9.17, 15) is 8.78 Å². The summed E-state index contributed by atoms with van der Waals surface area (Å²) in [4.78, 5) is 6.51. The van der Waals surface area contributed by atoms with Crippen LogP contribution in [0.3, 0.4) is 0 Å². The van der Waals surface area contributed by atoms with E-state index in [1.807, 2.05) is 6.08 Å². The molecule has 0 amide bonds. The number of nitrogens with two attached hydrogens (primary N) is 1. The number of pyridine rings is 1. The highest BCUT2D eigenvalue weighted by atomic mass is 19.3. The van der Waals surface area contributed by atoms with Crippen LogP contribution in [0.2, 0.25) is 0 Å². The van der Waals surface area contributed by atoms with Crippen LogP contribution < -0.4 is 15.8 Å². The maximum Gasteiger partial charge on any atom is 0.387 e. The predicted octanol–water partition coefficient (Wildman–Crippen LogP) is 2.87. The second kappa shape index (κ2) is 8.94. The number of anilines is 1. The Bertz CT molecular complexity index is 873. The summed E-state index contributed by atoms with van der Waals surface area (Å²) >= 11 is 0. The zero-order valence-corrected chi connectivity index (χ0v) is 18.1. The van der Waals surface area contributed by atoms with Gasteiger partial charge in [0.15, 0.2) is 11.6 Å². The van der Waals surface area contributed by atoms with Crippen LogP contribution in [0.15, 0.2) is 24.0 Å². The molecule has 4 fully saturated rings. The number of hydrogen-bond donors (Lipinski definition) is 3. The Labute approximate surface area is 186 Å². The van der Waals surface area contributed by atoms with Gasteiger partial charge in [-0.25, -0.2) is 4.98 Å². The van der Waals surface area contributed by atoms with Crippen LogP contribution in [0, 0.1) is 29.1 Å². The van der Waals surface area contributed by atoms with E-state index < -0.39 is 6.61 Å². The van der Waals surface area contributed by atoms with Crippen molar-refractivity contribution in [2.75, 3.05) is 38.6 Å². The predicted molar refractivity (Wildman–Crippen MR) is 117 cm³/mol. The van der Waals surface area contributed by atoms with E-state index in [-0.39, 0.29) is 17.3 Å². The summed E-state index contributed by atoms with van der Waals surface area (Å²) in [6.07, 6.45) is 8.19. The van der Waals surface area contributed by atoms with E-state index in [0.717, 1.165) is 44.5 Å². The second-order valence-corrected chi connectivity index (χ2v) is 9.45. The Balaban J connectivity index is 1.28. The van der Waals surface area contributed by atoms with Crippen molar-refractivity contribution in [3.05, 3.63) is 29.6 Å². The molecule has 7 nitrogen and oxygen atoms in total. The normalized spacial score (nSPS) is 30.3. The number of alkyl halides is 2. The second-order valence-electron chi connectivity index (χ2n) is 9.45. The number of aromatic nitrogens is 1. The number of ether oxygens (including phenoxy) is 2. The lowest BCUT2D eigenvalue weighted by atomic mass is 10.0. The van der Waals surface area contributed by atoms with Gasteiger partial charge in [-0.3, -0.25) is 4.90 Å². The first kappa shape index (κ1) is 21.6. The maximum atomic E-state index is 12.6. The molecule has 5 rings (SSSR count). The van der Waals surface area contributed by atoms with Crippen LogP contribution in [-0.2, 0) is 4.74 Å². The highest BCUT2D eigenvalue weighted by Gasteiger charge is 2.58. The van der Waals surface area contributed by atoms with Gasteiger partial charge >= 0.3 is 6.61 Å². The summed E-state index contributed by atoms with van der Waals surface area (Å²) in [5, 5.41) is 12.2. The van der Waals surface area contributed by atoms with Gasteiger partial charge in [0, 0.05) is 49.1 Å². The summed E-state index contributed by atoms with van der Waals surface area (Å²) in [5.74, 6) is 2.16. The molecule has 32 heavy (non-hydrogen) atoms. The van der Waals surface area contributed by atoms with Gasteiger partial charge in [-0.05, 0) is 55.6 Å². The van der Waals surface area contributed by atoms with Crippen LogP contribution in [0.1, 0.15) is 31.2 Å². The third-order valence-corrected chi connectivity index (χ3v) is 7.34. The summed E-state index contributed by atoms with van der Waals surface area (Å²) < 4.78 is 35.2. The highest BCUT2D eigenvalue weighted by molar-refractivity contribution is 6.07. The van der Waals surface area contributed by atoms with Crippen molar-refractivity contribution in [2.45, 2.75) is 38.3 Å². The lowest BCUT2D eigenvalue weighted by Crippen LogP contribution is -2.43. The van der Waals surface area contributed by atoms with Gasteiger partial charge in [-0.1, -0.05) is 0 Å². The minimum atomic E-state index is -2.99. The SMILES string of the molecule is N=C(/C=C(\NCC1CC1)[C@H]1[C@@H]2CC(N3CCOCC3)C[C@@H]21)c1cnc(N)c(OC(F)F)c1. The molecule has 1 unspecified atom stereocenters. The largest absolute Gasteiger partial charge is 0.431 e. The van der Waals surface area contributed by atoms with E-state index in [1.165, 1.54) is 37.9 Å². The van der Waals surface area contributed by atoms with Crippen LogP contribution in [0.4, 0.5) is 14.6 Å². The molecule has 9 heteroatoms. The quantitative estimate of drug-likeness (QED) is 0.504. The molecule has 3 saturated carbocycles. The average molecular weight is 448 g/mol. The molecule has 0 radical (unpaired) electrons. The number of rotatable bonds is 9. The van der Waals surface area contributed by atoms with Crippen molar-refractivity contribution in [1.29, 1.82) is 5.41 Å². The van der Waals surface area contributed by atoms with Crippen LogP contribution >= 0.6 is 0 Å². The first-order valence-electron chi connectivity index (χ1n) is 11.6. The van der Waals surface area contributed by atoms with Crippen molar-refractivity contribution in [3.8, 4) is 5.75 Å². The minimum absolute atomic E-state index is 0.108. The van der Waals surface area contributed by atoms with E-state index in [4.69, 9.17) is 15.9 Å². The molecule has 0 bridgehead atoms. The summed E-state index contributed by atoms with van der Waals surface area (Å²) in [7, 11) is 0. The van der Waals surface area contributed by atoms with Gasteiger partial charge in [-0.15, -0.1) is 0 Å². The first-order chi connectivity index (χ1) is 15.5. The molecule has 0 aromatic carbocycles. The monoisotopic (exact) mass is 447 g/mol. The minimum Gasteiger partial charge on any atom is -0.431 e. The third-order valence-electron chi connectivity index (χ3n) is 7.34. The molecule has 4 aliphatic rings. The lowest BCUT2D eigenvalue weighted by molar-refractivity contribution is -0.0495. The van der Waals surface area contributed by atoms with Gasteiger partial charge in [0.25, 0.3) is 0 Å². The standard InChI is InChI=1S/C23H31F2N5O2/c24-23(25)32-20-7-14(12-29-22(20)27)18(26)10-19(28-11-13-1-2-13)21-16-8-15(9-17(16)21)30-3-5-31-6-4-30/h7,10,12-13,15-17,21,23,26,28H,1-6,8-9,11H2,(H2,27,29)/b19-10-,26-18?/t15?,16-,17+,21+. The Hall–Kier alpha value is -2.26. The van der Waals surface area contributed by atoms with E-state index in [2.05, 4.69) is 19.9 Å². The zero-order valence-electron chi connectivity index (χ0n) is 18.1. The molecule has 1 aromatic heterocycles. The molecule has 1 aromatic rings. The van der Waals surface area contributed by atoms with Crippen molar-refractivity contribution in [3.63, 3.8) is 0 Å². The lowest BCUT2D eigenvalue weighted by Gasteiger charge is -2.33. The topological polar surface area (TPSA) is 96.5 Å². The zero-order chi connectivity index (χ0) is 22.2. The molecule has 2 heterocycles. The number of halogens is 2. The van der Waals surface area contributed by atoms with E-state index in [1.54, 1.807) is 0 Å². The molecule has 3 aliphatic carbocycles. The number of hydrogen-bond acceptors (Lipinski definition) is 7. The Kier molecular flexibility index (Phi) is 6.03. The number of nitrogens with one attached hydrogen (secondary N) is 2. The van der Waals surface area contributed by atoms with Crippen molar-refractivity contribution in [2.24, 2.45) is 23.7 Å².